The zero-order valence-corrected chi connectivity index (χ0v) is 25.1. The molecule has 2 aromatic carbocycles. The highest BCUT2D eigenvalue weighted by Crippen LogP contribution is 2.32. The van der Waals surface area contributed by atoms with Gasteiger partial charge >= 0.3 is 0 Å². The Hall–Kier alpha value is -2.73. The molecule has 2 aliphatic rings. The van der Waals surface area contributed by atoms with Crippen molar-refractivity contribution < 1.29 is 17.9 Å². The number of benzene rings is 2. The fourth-order valence-electron chi connectivity index (χ4n) is 5.61. The number of hydrogen-bond acceptors (Lipinski definition) is 8. The predicted octanol–water partition coefficient (Wildman–Crippen LogP) is 3.91. The fourth-order valence-corrected chi connectivity index (χ4v) is 8.33. The number of fused-ring (bicyclic) bond motifs is 1. The van der Waals surface area contributed by atoms with Crippen molar-refractivity contribution >= 4 is 42.6 Å². The molecular formula is C29H39N5O4S2. The molecule has 0 radical (unpaired) electrons. The average molecular weight is 586 g/mol. The van der Waals surface area contributed by atoms with Crippen LogP contribution in [0.2, 0.25) is 0 Å². The quantitative estimate of drug-likeness (QED) is 0.407. The van der Waals surface area contributed by atoms with Crippen LogP contribution in [0.4, 0.5) is 5.13 Å². The van der Waals surface area contributed by atoms with Crippen molar-refractivity contribution in [1.29, 1.82) is 0 Å². The van der Waals surface area contributed by atoms with Crippen molar-refractivity contribution in [2.24, 2.45) is 11.8 Å². The Morgan fingerprint density at radius 2 is 1.75 bits per heavy atom. The first kappa shape index (κ1) is 28.8. The lowest BCUT2D eigenvalue weighted by atomic mass is 9.94. The van der Waals surface area contributed by atoms with Crippen LogP contribution in [0.25, 0.3) is 10.2 Å². The minimum atomic E-state index is -3.56. The number of rotatable bonds is 9. The second-order valence-corrected chi connectivity index (χ2v) is 13.9. The van der Waals surface area contributed by atoms with E-state index >= 15 is 0 Å². The number of aromatic nitrogens is 1. The number of piperidine rings is 1. The number of thiazole rings is 1. The number of hydrogen-bond donors (Lipinski definition) is 1. The van der Waals surface area contributed by atoms with Gasteiger partial charge in [-0.25, -0.2) is 13.4 Å². The number of nitrogens with zero attached hydrogens (tertiary/aromatic N) is 4. The van der Waals surface area contributed by atoms with E-state index in [1.165, 1.54) is 0 Å². The minimum absolute atomic E-state index is 0.191. The standard InChI is InChI=1S/C29H39N5O4S2/c1-4-38-24-7-10-26-27(18-24)39-29(31-26)33-15-13-32(14-16-33)12-11-30-28(35)23-5-8-25(9-6-23)40(36,37)34-19-21(2)17-22(3)20-34/h5-10,18,21-22H,4,11-17,19-20H2,1-3H3,(H,30,35). The van der Waals surface area contributed by atoms with Gasteiger partial charge in [-0.1, -0.05) is 25.2 Å². The van der Waals surface area contributed by atoms with E-state index in [1.54, 1.807) is 39.9 Å². The Balaban J connectivity index is 1.08. The molecule has 11 heteroatoms. The number of anilines is 1. The smallest absolute Gasteiger partial charge is 0.251 e. The molecule has 2 saturated heterocycles. The first-order valence-electron chi connectivity index (χ1n) is 14.1. The van der Waals surface area contributed by atoms with Crippen molar-refractivity contribution in [3.05, 3.63) is 48.0 Å². The highest BCUT2D eigenvalue weighted by atomic mass is 32.2. The summed E-state index contributed by atoms with van der Waals surface area (Å²) in [6.45, 7) is 12.8. The van der Waals surface area contributed by atoms with Gasteiger partial charge in [-0.2, -0.15) is 4.31 Å². The van der Waals surface area contributed by atoms with E-state index < -0.39 is 10.0 Å². The summed E-state index contributed by atoms with van der Waals surface area (Å²) in [5, 5.41) is 4.01. The highest BCUT2D eigenvalue weighted by molar-refractivity contribution is 7.89. The van der Waals surface area contributed by atoms with Crippen LogP contribution in [0.3, 0.4) is 0 Å². The van der Waals surface area contributed by atoms with Gasteiger partial charge in [0.25, 0.3) is 5.91 Å². The van der Waals surface area contributed by atoms with Crippen molar-refractivity contribution in [3.63, 3.8) is 0 Å². The molecule has 5 rings (SSSR count). The SMILES string of the molecule is CCOc1ccc2nc(N3CCN(CCNC(=O)c4ccc(S(=O)(=O)N5CC(C)CC(C)C5)cc4)CC3)sc2c1. The summed E-state index contributed by atoms with van der Waals surface area (Å²) in [4.78, 5) is 22.4. The second-order valence-electron chi connectivity index (χ2n) is 10.9. The number of carbonyl (C=O) groups excluding carboxylic acids is 1. The summed E-state index contributed by atoms with van der Waals surface area (Å²) in [6.07, 6.45) is 1.04. The Kier molecular flexibility index (Phi) is 8.94. The molecule has 1 N–H and O–H groups in total. The summed E-state index contributed by atoms with van der Waals surface area (Å²) in [5.74, 6) is 1.37. The third kappa shape index (κ3) is 6.59. The van der Waals surface area contributed by atoms with Crippen molar-refractivity contribution in [2.75, 3.05) is 63.9 Å². The lowest BCUT2D eigenvalue weighted by Crippen LogP contribution is -2.48. The van der Waals surface area contributed by atoms with Gasteiger partial charge in [0.1, 0.15) is 5.75 Å². The van der Waals surface area contributed by atoms with Gasteiger partial charge in [-0.05, 0) is 67.6 Å². The molecule has 3 heterocycles. The average Bonchev–Trinajstić information content (AvgIpc) is 3.37. The van der Waals surface area contributed by atoms with E-state index in [2.05, 4.69) is 35.0 Å². The van der Waals surface area contributed by atoms with Gasteiger partial charge in [-0.3, -0.25) is 9.69 Å². The molecule has 2 aliphatic heterocycles. The molecule has 3 aromatic rings. The Morgan fingerprint density at radius 3 is 2.42 bits per heavy atom. The first-order valence-corrected chi connectivity index (χ1v) is 16.4. The third-order valence-corrected chi connectivity index (χ3v) is 10.5. The summed E-state index contributed by atoms with van der Waals surface area (Å²) < 4.78 is 34.5. The van der Waals surface area contributed by atoms with Gasteiger partial charge in [0.2, 0.25) is 10.0 Å². The van der Waals surface area contributed by atoms with Gasteiger partial charge < -0.3 is 15.0 Å². The van der Waals surface area contributed by atoms with E-state index in [1.807, 2.05) is 19.1 Å². The Bertz CT molecular complexity index is 1410. The van der Waals surface area contributed by atoms with E-state index in [4.69, 9.17) is 9.72 Å². The summed E-state index contributed by atoms with van der Waals surface area (Å²) in [6, 6.07) is 12.3. The number of ether oxygens (including phenoxy) is 1. The second kappa shape index (κ2) is 12.4. The van der Waals surface area contributed by atoms with Crippen LogP contribution in [-0.2, 0) is 10.0 Å². The molecule has 9 nitrogen and oxygen atoms in total. The number of amides is 1. The summed E-state index contributed by atoms with van der Waals surface area (Å²) >= 11 is 1.69. The molecule has 1 aromatic heterocycles. The maximum atomic E-state index is 13.1. The van der Waals surface area contributed by atoms with Gasteiger partial charge in [0.15, 0.2) is 5.13 Å². The molecule has 0 aliphatic carbocycles. The zero-order chi connectivity index (χ0) is 28.3. The topological polar surface area (TPSA) is 95.1 Å². The number of carbonyl (C=O) groups is 1. The molecule has 2 unspecified atom stereocenters. The summed E-state index contributed by atoms with van der Waals surface area (Å²) in [5.41, 5.74) is 1.46. The van der Waals surface area contributed by atoms with Crippen molar-refractivity contribution in [3.8, 4) is 5.75 Å². The molecule has 0 bridgehead atoms. The lowest BCUT2D eigenvalue weighted by molar-refractivity contribution is 0.0947. The molecule has 0 saturated carbocycles. The van der Waals surface area contributed by atoms with Gasteiger partial charge in [-0.15, -0.1) is 0 Å². The van der Waals surface area contributed by atoms with E-state index in [9.17, 15) is 13.2 Å². The molecule has 2 fully saturated rings. The normalized spacial score (nSPS) is 21.0. The van der Waals surface area contributed by atoms with Crippen LogP contribution >= 0.6 is 11.3 Å². The van der Waals surface area contributed by atoms with Gasteiger partial charge in [0, 0.05) is 57.9 Å². The van der Waals surface area contributed by atoms with E-state index in [-0.39, 0.29) is 10.8 Å². The summed E-state index contributed by atoms with van der Waals surface area (Å²) in [7, 11) is -3.56. The maximum Gasteiger partial charge on any atom is 0.251 e. The van der Waals surface area contributed by atoms with Crippen molar-refractivity contribution in [1.82, 2.24) is 19.5 Å². The van der Waals surface area contributed by atoms with E-state index in [0.29, 0.717) is 43.6 Å². The molecule has 2 atom stereocenters. The molecule has 1 amide bonds. The molecule has 40 heavy (non-hydrogen) atoms. The third-order valence-electron chi connectivity index (χ3n) is 7.61. The molecule has 216 valence electrons. The van der Waals surface area contributed by atoms with Crippen LogP contribution < -0.4 is 15.0 Å². The van der Waals surface area contributed by atoms with Crippen LogP contribution in [0.1, 0.15) is 37.6 Å². The molecular weight excluding hydrogens is 546 g/mol. The maximum absolute atomic E-state index is 13.1. The predicted molar refractivity (Wildman–Crippen MR) is 160 cm³/mol. The monoisotopic (exact) mass is 585 g/mol. The van der Waals surface area contributed by atoms with Crippen LogP contribution in [-0.4, -0.2) is 87.5 Å². The van der Waals surface area contributed by atoms with Crippen LogP contribution in [0.5, 0.6) is 5.75 Å². The Labute approximate surface area is 241 Å². The molecule has 0 spiro atoms. The largest absolute Gasteiger partial charge is 0.494 e. The zero-order valence-electron chi connectivity index (χ0n) is 23.5. The van der Waals surface area contributed by atoms with Gasteiger partial charge in [0.05, 0.1) is 21.7 Å². The van der Waals surface area contributed by atoms with Crippen LogP contribution in [0.15, 0.2) is 47.4 Å². The first-order chi connectivity index (χ1) is 19.2. The minimum Gasteiger partial charge on any atom is -0.494 e. The van der Waals surface area contributed by atoms with E-state index in [0.717, 1.165) is 60.2 Å². The highest BCUT2D eigenvalue weighted by Gasteiger charge is 2.31. The number of sulfonamides is 1. The van der Waals surface area contributed by atoms with Crippen LogP contribution in [0, 0.1) is 11.8 Å². The Morgan fingerprint density at radius 1 is 1.05 bits per heavy atom. The number of nitrogens with one attached hydrogen (secondary N) is 1. The number of piperazine rings is 1. The van der Waals surface area contributed by atoms with Crippen molar-refractivity contribution in [2.45, 2.75) is 32.1 Å². The lowest BCUT2D eigenvalue weighted by Gasteiger charge is -2.34. The fraction of sp³-hybridized carbons (Fsp3) is 0.517.